The Kier molecular flexibility index (Phi) is 6.93. The van der Waals surface area contributed by atoms with Crippen molar-refractivity contribution < 1.29 is 35.9 Å². The van der Waals surface area contributed by atoms with Gasteiger partial charge in [-0.3, -0.25) is 14.6 Å². The van der Waals surface area contributed by atoms with E-state index in [1.54, 1.807) is 22.8 Å². The molecule has 0 bridgehead atoms. The highest BCUT2D eigenvalue weighted by atomic mass is 19.4. The second-order valence-electron chi connectivity index (χ2n) is 7.99. The maximum atomic E-state index is 12.5. The monoisotopic (exact) mass is 537 g/mol. The van der Waals surface area contributed by atoms with Crippen molar-refractivity contribution in [1.29, 1.82) is 0 Å². The predicted octanol–water partition coefficient (Wildman–Crippen LogP) is 3.85. The molecule has 9 nitrogen and oxygen atoms in total. The molecular weight excluding hydrogens is 520 g/mol. The predicted molar refractivity (Wildman–Crippen MR) is 124 cm³/mol. The first-order valence-electron chi connectivity index (χ1n) is 10.7. The molecule has 0 aromatic carbocycles. The fourth-order valence-corrected chi connectivity index (χ4v) is 3.47. The highest BCUT2D eigenvalue weighted by molar-refractivity contribution is 6.02. The van der Waals surface area contributed by atoms with Crippen LogP contribution in [0.3, 0.4) is 0 Å². The number of nitrogen functional groups attached to an aromatic ring is 1. The molecule has 0 aliphatic carbocycles. The fraction of sp³-hybridized carbons (Fsp3) is 0.174. The van der Waals surface area contributed by atoms with E-state index in [0.717, 1.165) is 6.20 Å². The summed E-state index contributed by atoms with van der Waals surface area (Å²) < 4.78 is 74.4. The molecule has 0 spiro atoms. The SMILES string of the molecule is Nc1ncc(-c2ccnc3[nH]c(C(=O)NCC(F)(F)F)cc23)cc1-c1ccc(C(=O)NCC(F)(F)F)cn1. The van der Waals surface area contributed by atoms with Crippen LogP contribution in [0.25, 0.3) is 33.4 Å². The molecular formula is C23H17F6N7O2. The maximum absolute atomic E-state index is 12.5. The van der Waals surface area contributed by atoms with Crippen molar-refractivity contribution >= 4 is 28.7 Å². The van der Waals surface area contributed by atoms with E-state index in [0.29, 0.717) is 22.1 Å². The molecule has 2 amide bonds. The number of pyridine rings is 3. The highest BCUT2D eigenvalue weighted by Crippen LogP contribution is 2.32. The van der Waals surface area contributed by atoms with E-state index < -0.39 is 37.3 Å². The summed E-state index contributed by atoms with van der Waals surface area (Å²) in [6.07, 6.45) is -5.18. The molecule has 0 fully saturated rings. The van der Waals surface area contributed by atoms with Gasteiger partial charge in [0, 0.05) is 35.1 Å². The minimum Gasteiger partial charge on any atom is -0.383 e. The van der Waals surface area contributed by atoms with E-state index in [9.17, 15) is 35.9 Å². The minimum atomic E-state index is -4.57. The fourth-order valence-electron chi connectivity index (χ4n) is 3.47. The van der Waals surface area contributed by atoms with Gasteiger partial charge in [0.1, 0.15) is 30.2 Å². The Balaban J connectivity index is 1.62. The molecule has 4 heterocycles. The number of nitrogens with zero attached hydrogens (tertiary/aromatic N) is 3. The topological polar surface area (TPSA) is 139 Å². The summed E-state index contributed by atoms with van der Waals surface area (Å²) in [6, 6.07) is 7.24. The van der Waals surface area contributed by atoms with Crippen LogP contribution in [-0.2, 0) is 0 Å². The normalized spacial score (nSPS) is 11.9. The number of carbonyl (C=O) groups is 2. The van der Waals surface area contributed by atoms with Gasteiger partial charge in [-0.25, -0.2) is 9.97 Å². The Morgan fingerprint density at radius 2 is 1.53 bits per heavy atom. The molecule has 38 heavy (non-hydrogen) atoms. The Morgan fingerprint density at radius 1 is 0.842 bits per heavy atom. The average molecular weight is 537 g/mol. The first kappa shape index (κ1) is 26.4. The highest BCUT2D eigenvalue weighted by Gasteiger charge is 2.29. The van der Waals surface area contributed by atoms with Crippen molar-refractivity contribution in [2.24, 2.45) is 0 Å². The van der Waals surface area contributed by atoms with Crippen molar-refractivity contribution in [2.45, 2.75) is 12.4 Å². The summed E-state index contributed by atoms with van der Waals surface area (Å²) >= 11 is 0. The number of fused-ring (bicyclic) bond motifs is 1. The molecule has 0 atom stereocenters. The van der Waals surface area contributed by atoms with Crippen LogP contribution in [0.4, 0.5) is 32.2 Å². The van der Waals surface area contributed by atoms with E-state index in [2.05, 4.69) is 19.9 Å². The number of anilines is 1. The van der Waals surface area contributed by atoms with Gasteiger partial charge in [-0.15, -0.1) is 0 Å². The standard InChI is InChI=1S/C23H17F6N7O2/c24-22(25,26)9-34-20(37)11-1-2-16(32-7-11)15-5-12(8-33-18(15)30)13-3-4-31-19-14(13)6-17(36-19)21(38)35-10-23(27,28)29/h1-8H,9-10H2,(H2,30,33)(H,31,36)(H,34,37)(H,35,38). The number of amides is 2. The lowest BCUT2D eigenvalue weighted by atomic mass is 10.0. The quantitative estimate of drug-likeness (QED) is 0.276. The van der Waals surface area contributed by atoms with Crippen LogP contribution in [0.2, 0.25) is 0 Å². The number of hydrogen-bond acceptors (Lipinski definition) is 6. The van der Waals surface area contributed by atoms with E-state index in [4.69, 9.17) is 5.73 Å². The van der Waals surface area contributed by atoms with Gasteiger partial charge in [0.2, 0.25) is 0 Å². The van der Waals surface area contributed by atoms with Crippen molar-refractivity contribution in [3.8, 4) is 22.4 Å². The van der Waals surface area contributed by atoms with Crippen molar-refractivity contribution in [1.82, 2.24) is 30.6 Å². The largest absolute Gasteiger partial charge is 0.405 e. The smallest absolute Gasteiger partial charge is 0.383 e. The first-order chi connectivity index (χ1) is 17.8. The Labute approximate surface area is 209 Å². The molecule has 0 saturated heterocycles. The van der Waals surface area contributed by atoms with Gasteiger partial charge in [0.25, 0.3) is 11.8 Å². The van der Waals surface area contributed by atoms with Gasteiger partial charge in [-0.1, -0.05) is 0 Å². The summed E-state index contributed by atoms with van der Waals surface area (Å²) in [4.78, 5) is 39.1. The summed E-state index contributed by atoms with van der Waals surface area (Å²) in [5, 5.41) is 3.95. The number of nitrogens with one attached hydrogen (secondary N) is 3. The average Bonchev–Trinajstić information content (AvgIpc) is 3.30. The number of carbonyl (C=O) groups excluding carboxylic acids is 2. The third-order valence-electron chi connectivity index (χ3n) is 5.21. The number of nitrogens with two attached hydrogens (primary N) is 1. The van der Waals surface area contributed by atoms with Crippen LogP contribution in [0, 0.1) is 0 Å². The van der Waals surface area contributed by atoms with E-state index in [1.165, 1.54) is 30.6 Å². The zero-order valence-electron chi connectivity index (χ0n) is 19.0. The summed E-state index contributed by atoms with van der Waals surface area (Å²) in [7, 11) is 0. The molecule has 0 saturated carbocycles. The molecule has 4 aromatic rings. The lowest BCUT2D eigenvalue weighted by molar-refractivity contribution is -0.123. The minimum absolute atomic E-state index is 0.0714. The summed E-state index contributed by atoms with van der Waals surface area (Å²) in [5.74, 6) is -1.85. The van der Waals surface area contributed by atoms with E-state index in [-0.39, 0.29) is 28.4 Å². The molecule has 0 unspecified atom stereocenters. The van der Waals surface area contributed by atoms with Crippen LogP contribution < -0.4 is 16.4 Å². The van der Waals surface area contributed by atoms with Crippen LogP contribution in [0.1, 0.15) is 20.8 Å². The first-order valence-corrected chi connectivity index (χ1v) is 10.7. The number of halogens is 6. The van der Waals surface area contributed by atoms with Crippen molar-refractivity contribution in [3.05, 3.63) is 60.2 Å². The van der Waals surface area contributed by atoms with Gasteiger partial charge >= 0.3 is 12.4 Å². The van der Waals surface area contributed by atoms with Crippen molar-refractivity contribution in [3.63, 3.8) is 0 Å². The molecule has 5 N–H and O–H groups in total. The Bertz CT molecular complexity index is 1500. The Morgan fingerprint density at radius 3 is 2.16 bits per heavy atom. The second kappa shape index (κ2) is 9.99. The second-order valence-corrected chi connectivity index (χ2v) is 7.99. The van der Waals surface area contributed by atoms with Crippen molar-refractivity contribution in [2.75, 3.05) is 18.8 Å². The third-order valence-corrected chi connectivity index (χ3v) is 5.21. The van der Waals surface area contributed by atoms with E-state index in [1.807, 2.05) is 0 Å². The zero-order chi connectivity index (χ0) is 27.7. The summed E-state index contributed by atoms with van der Waals surface area (Å²) in [5.41, 5.74) is 7.65. The molecule has 15 heteroatoms. The molecule has 0 radical (unpaired) electrons. The van der Waals surface area contributed by atoms with Crippen LogP contribution >= 0.6 is 0 Å². The lowest BCUT2D eigenvalue weighted by Gasteiger charge is -2.10. The number of alkyl halides is 6. The zero-order valence-corrected chi connectivity index (χ0v) is 19.0. The Hall–Kier alpha value is -4.69. The lowest BCUT2D eigenvalue weighted by Crippen LogP contribution is -2.33. The third kappa shape index (κ3) is 6.16. The van der Waals surface area contributed by atoms with E-state index >= 15 is 0 Å². The van der Waals surface area contributed by atoms with Gasteiger partial charge in [0.15, 0.2) is 0 Å². The molecule has 0 aliphatic rings. The van der Waals surface area contributed by atoms with Crippen LogP contribution in [0.5, 0.6) is 0 Å². The number of aromatic amines is 1. The number of hydrogen-bond donors (Lipinski definition) is 4. The van der Waals surface area contributed by atoms with Gasteiger partial charge in [-0.05, 0) is 35.9 Å². The van der Waals surface area contributed by atoms with Gasteiger partial charge in [-0.2, -0.15) is 26.3 Å². The van der Waals surface area contributed by atoms with Crippen LogP contribution in [-0.4, -0.2) is 57.2 Å². The molecule has 198 valence electrons. The van der Waals surface area contributed by atoms with Crippen LogP contribution in [0.15, 0.2) is 48.9 Å². The number of rotatable bonds is 6. The van der Waals surface area contributed by atoms with Gasteiger partial charge in [0.05, 0.1) is 11.3 Å². The number of H-pyrrole nitrogens is 1. The molecule has 4 rings (SSSR count). The van der Waals surface area contributed by atoms with Gasteiger partial charge < -0.3 is 21.4 Å². The molecule has 4 aromatic heterocycles. The molecule has 0 aliphatic heterocycles. The number of aromatic nitrogens is 4. The maximum Gasteiger partial charge on any atom is 0.405 e. The summed E-state index contributed by atoms with van der Waals surface area (Å²) in [6.45, 7) is -2.99.